The van der Waals surface area contributed by atoms with Gasteiger partial charge in [-0.15, -0.1) is 0 Å². The van der Waals surface area contributed by atoms with Gasteiger partial charge in [0.25, 0.3) is 0 Å². The molecule has 0 atom stereocenters. The van der Waals surface area contributed by atoms with E-state index in [1.54, 1.807) is 13.2 Å². The van der Waals surface area contributed by atoms with Crippen LogP contribution in [0.2, 0.25) is 0 Å². The van der Waals surface area contributed by atoms with Crippen LogP contribution in [0.25, 0.3) is 5.69 Å². The summed E-state index contributed by atoms with van der Waals surface area (Å²) in [6.07, 6.45) is 3.77. The summed E-state index contributed by atoms with van der Waals surface area (Å²) in [5.74, 6) is 0.490. The normalized spacial score (nSPS) is 11.9. The first kappa shape index (κ1) is 18.5. The number of nitrogens with zero attached hydrogens (tertiary/aromatic N) is 3. The maximum atomic E-state index is 11.8. The molecule has 0 aliphatic heterocycles. The number of para-hydroxylation sites is 1. The van der Waals surface area contributed by atoms with Crippen molar-refractivity contribution >= 4 is 11.9 Å². The SMILES string of the molecule is CN=C(NCC(=O)NC(C)(C)C)NCc1cnn(-c2ccccc2)c1. The highest BCUT2D eigenvalue weighted by Crippen LogP contribution is 2.07. The van der Waals surface area contributed by atoms with Crippen molar-refractivity contribution in [2.75, 3.05) is 13.6 Å². The van der Waals surface area contributed by atoms with Gasteiger partial charge in [0.05, 0.1) is 18.4 Å². The van der Waals surface area contributed by atoms with Crippen LogP contribution in [0.5, 0.6) is 0 Å². The van der Waals surface area contributed by atoms with Crippen molar-refractivity contribution in [3.63, 3.8) is 0 Å². The minimum atomic E-state index is -0.248. The number of carbonyl (C=O) groups is 1. The Kier molecular flexibility index (Phi) is 6.16. The Morgan fingerprint density at radius 2 is 1.92 bits per heavy atom. The van der Waals surface area contributed by atoms with Crippen molar-refractivity contribution < 1.29 is 4.79 Å². The zero-order valence-corrected chi connectivity index (χ0v) is 15.2. The smallest absolute Gasteiger partial charge is 0.239 e. The van der Waals surface area contributed by atoms with Crippen molar-refractivity contribution in [3.8, 4) is 5.69 Å². The molecule has 3 N–H and O–H groups in total. The molecule has 0 unspecified atom stereocenters. The van der Waals surface area contributed by atoms with Gasteiger partial charge in [-0.25, -0.2) is 4.68 Å². The van der Waals surface area contributed by atoms with E-state index in [0.717, 1.165) is 11.3 Å². The predicted molar refractivity (Wildman–Crippen MR) is 99.7 cm³/mol. The van der Waals surface area contributed by atoms with E-state index in [0.29, 0.717) is 12.5 Å². The van der Waals surface area contributed by atoms with Crippen molar-refractivity contribution in [2.45, 2.75) is 32.9 Å². The fourth-order valence-corrected chi connectivity index (χ4v) is 2.21. The van der Waals surface area contributed by atoms with Crippen molar-refractivity contribution in [2.24, 2.45) is 4.99 Å². The lowest BCUT2D eigenvalue weighted by Crippen LogP contribution is -2.48. The Balaban J connectivity index is 1.83. The average Bonchev–Trinajstić information content (AvgIpc) is 3.03. The second kappa shape index (κ2) is 8.32. The summed E-state index contributed by atoms with van der Waals surface area (Å²) in [6.45, 7) is 6.57. The average molecular weight is 342 g/mol. The first-order chi connectivity index (χ1) is 11.9. The summed E-state index contributed by atoms with van der Waals surface area (Å²) in [4.78, 5) is 16.0. The van der Waals surface area contributed by atoms with Gasteiger partial charge in [0.15, 0.2) is 5.96 Å². The fraction of sp³-hybridized carbons (Fsp3) is 0.389. The number of hydrogen-bond donors (Lipinski definition) is 3. The molecule has 2 rings (SSSR count). The van der Waals surface area contributed by atoms with Gasteiger partial charge in [-0.05, 0) is 32.9 Å². The molecule has 0 spiro atoms. The van der Waals surface area contributed by atoms with Gasteiger partial charge in [0.2, 0.25) is 5.91 Å². The number of hydrogen-bond acceptors (Lipinski definition) is 3. The number of aliphatic imine (C=N–C) groups is 1. The van der Waals surface area contributed by atoms with Gasteiger partial charge in [-0.2, -0.15) is 5.10 Å². The molecule has 0 aliphatic rings. The number of benzene rings is 1. The van der Waals surface area contributed by atoms with Gasteiger partial charge in [0, 0.05) is 30.9 Å². The standard InChI is InChI=1S/C18H26N6O/c1-18(2,3)23-16(25)12-21-17(19-4)20-10-14-11-22-24(13-14)15-8-6-5-7-9-15/h5-9,11,13H,10,12H2,1-4H3,(H,23,25)(H2,19,20,21). The Morgan fingerprint density at radius 3 is 2.56 bits per heavy atom. The monoisotopic (exact) mass is 342 g/mol. The van der Waals surface area contributed by atoms with Crippen molar-refractivity contribution in [1.29, 1.82) is 0 Å². The Labute approximate surface area is 148 Å². The molecule has 1 amide bonds. The molecule has 7 nitrogen and oxygen atoms in total. The van der Waals surface area contributed by atoms with Gasteiger partial charge >= 0.3 is 0 Å². The number of nitrogens with one attached hydrogen (secondary N) is 3. The van der Waals surface area contributed by atoms with E-state index >= 15 is 0 Å². The number of carbonyl (C=O) groups excluding carboxylic acids is 1. The lowest BCUT2D eigenvalue weighted by molar-refractivity contribution is -0.121. The lowest BCUT2D eigenvalue weighted by atomic mass is 10.1. The number of guanidine groups is 1. The lowest BCUT2D eigenvalue weighted by Gasteiger charge is -2.21. The highest BCUT2D eigenvalue weighted by atomic mass is 16.2. The summed E-state index contributed by atoms with van der Waals surface area (Å²) < 4.78 is 1.82. The van der Waals surface area contributed by atoms with Gasteiger partial charge in [0.1, 0.15) is 0 Å². The van der Waals surface area contributed by atoms with E-state index in [1.165, 1.54) is 0 Å². The predicted octanol–water partition coefficient (Wildman–Crippen LogP) is 1.45. The highest BCUT2D eigenvalue weighted by Gasteiger charge is 2.13. The fourth-order valence-electron chi connectivity index (χ4n) is 2.21. The number of rotatable bonds is 5. The van der Waals surface area contributed by atoms with E-state index in [9.17, 15) is 4.79 Å². The number of aromatic nitrogens is 2. The number of amides is 1. The molecule has 0 radical (unpaired) electrons. The van der Waals surface area contributed by atoms with E-state index in [2.05, 4.69) is 26.0 Å². The summed E-state index contributed by atoms with van der Waals surface area (Å²) in [7, 11) is 1.67. The molecule has 0 bridgehead atoms. The summed E-state index contributed by atoms with van der Waals surface area (Å²) in [5.41, 5.74) is 1.78. The van der Waals surface area contributed by atoms with Gasteiger partial charge < -0.3 is 16.0 Å². The van der Waals surface area contributed by atoms with E-state index in [1.807, 2.05) is 62.0 Å². The molecule has 7 heteroatoms. The molecule has 0 fully saturated rings. The topological polar surface area (TPSA) is 83.3 Å². The van der Waals surface area contributed by atoms with Crippen molar-refractivity contribution in [3.05, 3.63) is 48.3 Å². The third-order valence-corrected chi connectivity index (χ3v) is 3.27. The summed E-state index contributed by atoms with van der Waals surface area (Å²) in [6, 6.07) is 9.92. The largest absolute Gasteiger partial charge is 0.352 e. The molecule has 1 aromatic carbocycles. The molecule has 0 saturated carbocycles. The van der Waals surface area contributed by atoms with Crippen LogP contribution < -0.4 is 16.0 Å². The molecule has 2 aromatic rings. The first-order valence-corrected chi connectivity index (χ1v) is 8.22. The van der Waals surface area contributed by atoms with Crippen LogP contribution in [-0.2, 0) is 11.3 Å². The third-order valence-electron chi connectivity index (χ3n) is 3.27. The molecule has 134 valence electrons. The Hall–Kier alpha value is -2.83. The zero-order chi connectivity index (χ0) is 18.3. The molecule has 0 aliphatic carbocycles. The van der Waals surface area contributed by atoms with Crippen LogP contribution in [-0.4, -0.2) is 40.8 Å². The molecular formula is C18H26N6O. The van der Waals surface area contributed by atoms with Crippen LogP contribution in [0.4, 0.5) is 0 Å². The maximum Gasteiger partial charge on any atom is 0.239 e. The molecule has 1 aromatic heterocycles. The van der Waals surface area contributed by atoms with E-state index in [4.69, 9.17) is 0 Å². The van der Waals surface area contributed by atoms with E-state index in [-0.39, 0.29) is 18.0 Å². The second-order valence-corrected chi connectivity index (χ2v) is 6.71. The van der Waals surface area contributed by atoms with Crippen LogP contribution >= 0.6 is 0 Å². The van der Waals surface area contributed by atoms with Crippen molar-refractivity contribution in [1.82, 2.24) is 25.7 Å². The minimum absolute atomic E-state index is 0.0765. The van der Waals surface area contributed by atoms with E-state index < -0.39 is 0 Å². The van der Waals surface area contributed by atoms with Gasteiger partial charge in [-0.1, -0.05) is 18.2 Å². The molecule has 25 heavy (non-hydrogen) atoms. The molecule has 1 heterocycles. The minimum Gasteiger partial charge on any atom is -0.352 e. The van der Waals surface area contributed by atoms with Crippen LogP contribution in [0.3, 0.4) is 0 Å². The summed E-state index contributed by atoms with van der Waals surface area (Å²) in [5, 5.41) is 13.4. The summed E-state index contributed by atoms with van der Waals surface area (Å²) >= 11 is 0. The quantitative estimate of drug-likeness (QED) is 0.567. The van der Waals surface area contributed by atoms with Gasteiger partial charge in [-0.3, -0.25) is 9.79 Å². The zero-order valence-electron chi connectivity index (χ0n) is 15.2. The van der Waals surface area contributed by atoms with Crippen LogP contribution in [0, 0.1) is 0 Å². The maximum absolute atomic E-state index is 11.8. The first-order valence-electron chi connectivity index (χ1n) is 8.22. The highest BCUT2D eigenvalue weighted by molar-refractivity contribution is 5.86. The van der Waals surface area contributed by atoms with Crippen LogP contribution in [0.1, 0.15) is 26.3 Å². The third kappa shape index (κ3) is 6.29. The second-order valence-electron chi connectivity index (χ2n) is 6.71. The Morgan fingerprint density at radius 1 is 1.20 bits per heavy atom. The Bertz CT molecular complexity index is 715. The molecule has 0 saturated heterocycles. The van der Waals surface area contributed by atoms with Crippen LogP contribution in [0.15, 0.2) is 47.7 Å². The molecular weight excluding hydrogens is 316 g/mol.